The number of aromatic amines is 1. The Balaban J connectivity index is 1.20. The van der Waals surface area contributed by atoms with E-state index in [2.05, 4.69) is 31.1 Å². The van der Waals surface area contributed by atoms with E-state index in [1.165, 1.54) is 12.1 Å². The predicted octanol–water partition coefficient (Wildman–Crippen LogP) is 5.65. The number of aromatic nitrogens is 4. The summed E-state index contributed by atoms with van der Waals surface area (Å²) in [6, 6.07) is 16.2. The van der Waals surface area contributed by atoms with Gasteiger partial charge in [-0.15, -0.1) is 0 Å². The summed E-state index contributed by atoms with van der Waals surface area (Å²) in [4.78, 5) is 18.7. The highest BCUT2D eigenvalue weighted by Gasteiger charge is 2.15. The molecular formula is C25H25BrFN5O. The Morgan fingerprint density at radius 2 is 1.85 bits per heavy atom. The van der Waals surface area contributed by atoms with Gasteiger partial charge in [0.05, 0.1) is 5.69 Å². The number of benzene rings is 2. The number of hydrogen-bond donors (Lipinski definition) is 1. The minimum absolute atomic E-state index is 0.0802. The fourth-order valence-electron chi connectivity index (χ4n) is 3.58. The summed E-state index contributed by atoms with van der Waals surface area (Å²) in [6.45, 7) is 0.674. The topological polar surface area (TPSA) is 66.8 Å². The van der Waals surface area contributed by atoms with Crippen molar-refractivity contribution in [2.45, 2.75) is 25.7 Å². The van der Waals surface area contributed by atoms with Crippen molar-refractivity contribution in [3.63, 3.8) is 0 Å². The minimum Gasteiger partial charge on any atom is -0.340 e. The summed E-state index contributed by atoms with van der Waals surface area (Å²) in [7, 11) is 1.81. The molecule has 0 radical (unpaired) electrons. The Labute approximate surface area is 200 Å². The Morgan fingerprint density at radius 3 is 2.61 bits per heavy atom. The molecule has 6 nitrogen and oxygen atoms in total. The van der Waals surface area contributed by atoms with Gasteiger partial charge in [0, 0.05) is 41.2 Å². The third kappa shape index (κ3) is 5.96. The molecule has 0 spiro atoms. The van der Waals surface area contributed by atoms with Crippen LogP contribution in [0.3, 0.4) is 0 Å². The Morgan fingerprint density at radius 1 is 1.09 bits per heavy atom. The van der Waals surface area contributed by atoms with Crippen molar-refractivity contribution >= 4 is 21.8 Å². The van der Waals surface area contributed by atoms with Gasteiger partial charge in [0.15, 0.2) is 0 Å². The third-order valence-corrected chi connectivity index (χ3v) is 6.01. The summed E-state index contributed by atoms with van der Waals surface area (Å²) >= 11 is 3.42. The van der Waals surface area contributed by atoms with Crippen molar-refractivity contribution in [3.05, 3.63) is 88.8 Å². The van der Waals surface area contributed by atoms with Crippen molar-refractivity contribution in [3.8, 4) is 16.9 Å². The largest absolute Gasteiger partial charge is 0.340 e. The van der Waals surface area contributed by atoms with Crippen LogP contribution in [0.5, 0.6) is 0 Å². The molecule has 0 atom stereocenters. The predicted molar refractivity (Wildman–Crippen MR) is 130 cm³/mol. The lowest BCUT2D eigenvalue weighted by atomic mass is 10.1. The van der Waals surface area contributed by atoms with Crippen LogP contribution >= 0.6 is 15.9 Å². The lowest BCUT2D eigenvalue weighted by Gasteiger charge is -2.15. The van der Waals surface area contributed by atoms with Gasteiger partial charge in [0.2, 0.25) is 0 Å². The number of unbranched alkanes of at least 4 members (excludes halogenated alkanes) is 2. The van der Waals surface area contributed by atoms with E-state index in [1.807, 2.05) is 41.9 Å². The van der Waals surface area contributed by atoms with Crippen LogP contribution in [-0.2, 0) is 6.42 Å². The fraction of sp³-hybridized carbons (Fsp3) is 0.240. The summed E-state index contributed by atoms with van der Waals surface area (Å²) < 4.78 is 15.9. The van der Waals surface area contributed by atoms with Crippen molar-refractivity contribution in [2.24, 2.45) is 0 Å². The van der Waals surface area contributed by atoms with Crippen LogP contribution in [0.1, 0.15) is 35.4 Å². The van der Waals surface area contributed by atoms with Gasteiger partial charge in [0.25, 0.3) is 5.91 Å². The molecule has 2 heterocycles. The Hall–Kier alpha value is -3.26. The average molecular weight is 510 g/mol. The van der Waals surface area contributed by atoms with Crippen LogP contribution in [0.15, 0.2) is 71.6 Å². The van der Waals surface area contributed by atoms with Crippen molar-refractivity contribution in [1.82, 2.24) is 24.6 Å². The number of imidazole rings is 1. The second-order valence-electron chi connectivity index (χ2n) is 7.97. The number of halogens is 2. The molecule has 1 amide bonds. The zero-order chi connectivity index (χ0) is 23.2. The van der Waals surface area contributed by atoms with Gasteiger partial charge in [-0.05, 0) is 73.9 Å². The number of nitrogens with one attached hydrogen (secondary N) is 1. The monoisotopic (exact) mass is 509 g/mol. The lowest BCUT2D eigenvalue weighted by molar-refractivity contribution is 0.0787. The second-order valence-corrected chi connectivity index (χ2v) is 8.88. The Kier molecular flexibility index (Phi) is 7.34. The van der Waals surface area contributed by atoms with E-state index >= 15 is 0 Å². The highest BCUT2D eigenvalue weighted by atomic mass is 79.9. The van der Waals surface area contributed by atoms with Crippen LogP contribution in [0.4, 0.5) is 4.39 Å². The first kappa shape index (κ1) is 22.9. The van der Waals surface area contributed by atoms with Crippen molar-refractivity contribution in [2.75, 3.05) is 13.6 Å². The van der Waals surface area contributed by atoms with Gasteiger partial charge in [-0.2, -0.15) is 5.10 Å². The summed E-state index contributed by atoms with van der Waals surface area (Å²) in [5, 5.41) is 7.37. The number of amides is 1. The molecule has 0 fully saturated rings. The Bertz CT molecular complexity index is 1200. The smallest absolute Gasteiger partial charge is 0.273 e. The highest BCUT2D eigenvalue weighted by molar-refractivity contribution is 9.10. The SMILES string of the molecule is CN(CCCCCc1cc(-c2ccc(F)cc2)n[nH]1)C(=O)c1cn(-c2ccc(Br)cc2)cn1. The molecule has 0 bridgehead atoms. The number of carbonyl (C=O) groups is 1. The number of H-pyrrole nitrogens is 1. The van der Waals surface area contributed by atoms with Gasteiger partial charge < -0.3 is 9.47 Å². The maximum atomic E-state index is 13.1. The molecule has 1 N–H and O–H groups in total. The number of aryl methyl sites for hydroxylation is 1. The van der Waals surface area contributed by atoms with Gasteiger partial charge in [0.1, 0.15) is 17.8 Å². The van der Waals surface area contributed by atoms with Crippen molar-refractivity contribution in [1.29, 1.82) is 0 Å². The van der Waals surface area contributed by atoms with Crippen LogP contribution in [0, 0.1) is 5.82 Å². The van der Waals surface area contributed by atoms with Gasteiger partial charge in [-0.25, -0.2) is 9.37 Å². The van der Waals surface area contributed by atoms with Crippen LogP contribution in [-0.4, -0.2) is 44.1 Å². The third-order valence-electron chi connectivity index (χ3n) is 5.48. The molecule has 2 aromatic carbocycles. The second kappa shape index (κ2) is 10.6. The van der Waals surface area contributed by atoms with E-state index in [9.17, 15) is 9.18 Å². The van der Waals surface area contributed by atoms with Gasteiger partial charge in [-0.1, -0.05) is 22.4 Å². The maximum absolute atomic E-state index is 13.1. The minimum atomic E-state index is -0.254. The summed E-state index contributed by atoms with van der Waals surface area (Å²) in [5.74, 6) is -0.334. The maximum Gasteiger partial charge on any atom is 0.273 e. The van der Waals surface area contributed by atoms with Gasteiger partial charge >= 0.3 is 0 Å². The molecule has 0 unspecified atom stereocenters. The normalized spacial score (nSPS) is 11.0. The van der Waals surface area contributed by atoms with Crippen molar-refractivity contribution < 1.29 is 9.18 Å². The first-order valence-corrected chi connectivity index (χ1v) is 11.6. The number of carbonyl (C=O) groups excluding carboxylic acids is 1. The molecule has 2 aromatic heterocycles. The molecule has 4 aromatic rings. The van der Waals surface area contributed by atoms with E-state index in [0.717, 1.165) is 52.8 Å². The number of nitrogens with zero attached hydrogens (tertiary/aromatic N) is 4. The molecule has 0 aliphatic carbocycles. The van der Waals surface area contributed by atoms with E-state index in [0.29, 0.717) is 12.2 Å². The molecule has 170 valence electrons. The first-order chi connectivity index (χ1) is 16.0. The summed E-state index contributed by atoms with van der Waals surface area (Å²) in [5.41, 5.74) is 4.15. The molecule has 0 saturated heterocycles. The van der Waals surface area contributed by atoms with Crippen LogP contribution in [0.2, 0.25) is 0 Å². The molecule has 33 heavy (non-hydrogen) atoms. The van der Waals surface area contributed by atoms with Crippen LogP contribution in [0.25, 0.3) is 16.9 Å². The number of rotatable bonds is 9. The fourth-order valence-corrected chi connectivity index (χ4v) is 3.85. The summed E-state index contributed by atoms with van der Waals surface area (Å²) in [6.07, 6.45) is 7.20. The molecular weight excluding hydrogens is 485 g/mol. The zero-order valence-electron chi connectivity index (χ0n) is 18.3. The standard InChI is InChI=1S/C25H25BrFN5O/c1-31(25(33)24-16-32(17-28-24)22-12-8-19(26)9-13-22)14-4-2-3-5-21-15-23(30-29-21)18-6-10-20(27)11-7-18/h6-13,15-17H,2-5,14H2,1H3,(H,29,30). The molecule has 0 saturated carbocycles. The van der Waals surface area contributed by atoms with E-state index in [4.69, 9.17) is 0 Å². The first-order valence-electron chi connectivity index (χ1n) is 10.9. The molecule has 0 aliphatic rings. The molecule has 4 rings (SSSR count). The number of hydrogen-bond acceptors (Lipinski definition) is 3. The van der Waals surface area contributed by atoms with E-state index < -0.39 is 0 Å². The lowest BCUT2D eigenvalue weighted by Crippen LogP contribution is -2.28. The van der Waals surface area contributed by atoms with E-state index in [1.54, 1.807) is 29.6 Å². The zero-order valence-corrected chi connectivity index (χ0v) is 19.9. The quantitative estimate of drug-likeness (QED) is 0.296. The van der Waals surface area contributed by atoms with E-state index in [-0.39, 0.29) is 11.7 Å². The average Bonchev–Trinajstić information content (AvgIpc) is 3.49. The highest BCUT2D eigenvalue weighted by Crippen LogP contribution is 2.19. The molecule has 8 heteroatoms. The van der Waals surface area contributed by atoms with Crippen LogP contribution < -0.4 is 0 Å². The molecule has 0 aliphatic heterocycles. The van der Waals surface area contributed by atoms with Gasteiger partial charge in [-0.3, -0.25) is 9.89 Å².